The van der Waals surface area contributed by atoms with Crippen molar-refractivity contribution in [3.63, 3.8) is 0 Å². The molecule has 0 amide bonds. The third-order valence-corrected chi connectivity index (χ3v) is 2.26. The van der Waals surface area contributed by atoms with Gasteiger partial charge in [-0.2, -0.15) is 0 Å². The molecule has 2 aromatic rings. The predicted molar refractivity (Wildman–Crippen MR) is 63.6 cm³/mol. The Hall–Kier alpha value is -2.49. The topological polar surface area (TPSA) is 69.6 Å². The summed E-state index contributed by atoms with van der Waals surface area (Å²) in [7, 11) is 0. The number of hydrogen-bond donors (Lipinski definition) is 3. The summed E-state index contributed by atoms with van der Waals surface area (Å²) >= 11 is 0. The van der Waals surface area contributed by atoms with E-state index in [0.717, 1.165) is 0 Å². The molecule has 0 aliphatic heterocycles. The van der Waals surface area contributed by atoms with Gasteiger partial charge in [0.25, 0.3) is 0 Å². The van der Waals surface area contributed by atoms with Gasteiger partial charge in [-0.25, -0.2) is 4.79 Å². The second-order valence-corrected chi connectivity index (χ2v) is 3.42. The lowest BCUT2D eigenvalue weighted by Gasteiger charge is -2.11. The predicted octanol–water partition coefficient (Wildman–Crippen LogP) is 2.63. The zero-order chi connectivity index (χ0) is 12.3. The van der Waals surface area contributed by atoms with Crippen LogP contribution in [0.1, 0.15) is 10.4 Å². The van der Waals surface area contributed by atoms with Gasteiger partial charge in [0, 0.05) is 5.69 Å². The zero-order valence-electron chi connectivity index (χ0n) is 8.84. The number of benzene rings is 2. The highest BCUT2D eigenvalue weighted by Crippen LogP contribution is 2.30. The van der Waals surface area contributed by atoms with E-state index in [9.17, 15) is 9.90 Å². The van der Waals surface area contributed by atoms with Crippen LogP contribution in [-0.2, 0) is 0 Å². The van der Waals surface area contributed by atoms with Gasteiger partial charge < -0.3 is 15.5 Å². The number of nitrogens with one attached hydrogen (secondary N) is 1. The number of rotatable bonds is 3. The van der Waals surface area contributed by atoms with Crippen molar-refractivity contribution in [2.24, 2.45) is 0 Å². The summed E-state index contributed by atoms with van der Waals surface area (Å²) in [6, 6.07) is 14.1. The van der Waals surface area contributed by atoms with E-state index in [1.807, 2.05) is 0 Å². The van der Waals surface area contributed by atoms with E-state index in [1.165, 1.54) is 18.2 Å². The molecule has 0 unspecified atom stereocenters. The molecule has 0 heterocycles. The number of phenols is 1. The molecule has 0 spiro atoms. The molecular formula is C13H10NO3. The Balaban J connectivity index is 2.41. The lowest BCUT2D eigenvalue weighted by molar-refractivity contribution is 0.0697. The van der Waals surface area contributed by atoms with Crippen molar-refractivity contribution in [3.05, 3.63) is 54.1 Å². The fourth-order valence-corrected chi connectivity index (χ4v) is 1.46. The van der Waals surface area contributed by atoms with Crippen molar-refractivity contribution < 1.29 is 15.0 Å². The highest BCUT2D eigenvalue weighted by Gasteiger charge is 2.13. The van der Waals surface area contributed by atoms with Gasteiger partial charge in [-0.05, 0) is 30.3 Å². The molecule has 85 valence electrons. The van der Waals surface area contributed by atoms with Crippen LogP contribution in [0.5, 0.6) is 5.75 Å². The number of para-hydroxylation sites is 1. The molecule has 0 saturated heterocycles. The molecule has 0 bridgehead atoms. The molecule has 0 aliphatic carbocycles. The summed E-state index contributed by atoms with van der Waals surface area (Å²) in [5.41, 5.74) is 0.900. The standard InChI is InChI=1S/C13H10NO3/c15-11-8-4-7-10(13(16)17)12(11)14-9-5-2-1-3-6-9/h2-8,14-15H,(H,16,17). The normalized spacial score (nSPS) is 9.88. The Morgan fingerprint density at radius 1 is 1.18 bits per heavy atom. The number of carboxylic acids is 1. The zero-order valence-corrected chi connectivity index (χ0v) is 8.84. The van der Waals surface area contributed by atoms with Gasteiger partial charge in [0.1, 0.15) is 5.75 Å². The smallest absolute Gasteiger partial charge is 0.337 e. The Kier molecular flexibility index (Phi) is 2.96. The average Bonchev–Trinajstić information content (AvgIpc) is 2.33. The van der Waals surface area contributed by atoms with Gasteiger partial charge in [0.15, 0.2) is 0 Å². The first kappa shape index (κ1) is 11.0. The largest absolute Gasteiger partial charge is 0.506 e. The number of aromatic carboxylic acids is 1. The van der Waals surface area contributed by atoms with Crippen LogP contribution in [-0.4, -0.2) is 16.2 Å². The molecule has 1 radical (unpaired) electrons. The van der Waals surface area contributed by atoms with Gasteiger partial charge in [-0.15, -0.1) is 0 Å². The first-order chi connectivity index (χ1) is 8.18. The lowest BCUT2D eigenvalue weighted by atomic mass is 10.1. The van der Waals surface area contributed by atoms with E-state index in [1.54, 1.807) is 24.3 Å². The highest BCUT2D eigenvalue weighted by atomic mass is 16.4. The van der Waals surface area contributed by atoms with Crippen molar-refractivity contribution in [2.45, 2.75) is 0 Å². The second kappa shape index (κ2) is 4.57. The van der Waals surface area contributed by atoms with E-state index >= 15 is 0 Å². The van der Waals surface area contributed by atoms with Crippen molar-refractivity contribution in [1.82, 2.24) is 0 Å². The van der Waals surface area contributed by atoms with Crippen LogP contribution in [0.15, 0.2) is 42.5 Å². The van der Waals surface area contributed by atoms with Crippen LogP contribution in [0.4, 0.5) is 11.4 Å². The fraction of sp³-hybridized carbons (Fsp3) is 0. The first-order valence-corrected chi connectivity index (χ1v) is 4.97. The Labute approximate surface area is 98.2 Å². The number of hydrogen-bond acceptors (Lipinski definition) is 3. The first-order valence-electron chi connectivity index (χ1n) is 4.97. The number of carboxylic acid groups (broad SMARTS) is 1. The minimum absolute atomic E-state index is 0.0258. The maximum Gasteiger partial charge on any atom is 0.337 e. The van der Waals surface area contributed by atoms with E-state index < -0.39 is 5.97 Å². The maximum absolute atomic E-state index is 11.0. The summed E-state index contributed by atoms with van der Waals surface area (Å²) in [4.78, 5) is 11.0. The third kappa shape index (κ3) is 2.36. The van der Waals surface area contributed by atoms with Gasteiger partial charge >= 0.3 is 5.97 Å². The number of aromatic hydroxyl groups is 1. The summed E-state index contributed by atoms with van der Waals surface area (Å²) < 4.78 is 0. The lowest BCUT2D eigenvalue weighted by Crippen LogP contribution is -2.02. The molecule has 0 fully saturated rings. The van der Waals surface area contributed by atoms with Gasteiger partial charge in [0.2, 0.25) is 0 Å². The summed E-state index contributed by atoms with van der Waals surface area (Å²) in [5.74, 6) is -1.19. The molecule has 0 saturated carbocycles. The van der Waals surface area contributed by atoms with Crippen molar-refractivity contribution in [1.29, 1.82) is 0 Å². The second-order valence-electron chi connectivity index (χ2n) is 3.42. The van der Waals surface area contributed by atoms with Crippen molar-refractivity contribution in [2.75, 3.05) is 5.32 Å². The molecule has 0 atom stereocenters. The molecule has 3 N–H and O–H groups in total. The average molecular weight is 228 g/mol. The molecule has 17 heavy (non-hydrogen) atoms. The van der Waals surface area contributed by atoms with Gasteiger partial charge in [0.05, 0.1) is 11.3 Å². The maximum atomic E-state index is 11.0. The molecule has 2 aromatic carbocycles. The molecule has 4 nitrogen and oxygen atoms in total. The highest BCUT2D eigenvalue weighted by molar-refractivity contribution is 5.96. The molecule has 0 aromatic heterocycles. The number of carbonyl (C=O) groups is 1. The Morgan fingerprint density at radius 3 is 2.53 bits per heavy atom. The van der Waals surface area contributed by atoms with Crippen LogP contribution in [0.25, 0.3) is 0 Å². The number of anilines is 2. The molecule has 4 heteroatoms. The third-order valence-electron chi connectivity index (χ3n) is 2.26. The monoisotopic (exact) mass is 228 g/mol. The minimum atomic E-state index is -1.09. The van der Waals surface area contributed by atoms with E-state index in [0.29, 0.717) is 5.69 Å². The fourth-order valence-electron chi connectivity index (χ4n) is 1.46. The van der Waals surface area contributed by atoms with Crippen molar-refractivity contribution >= 4 is 17.3 Å². The van der Waals surface area contributed by atoms with Crippen LogP contribution >= 0.6 is 0 Å². The molecular weight excluding hydrogens is 218 g/mol. The van der Waals surface area contributed by atoms with E-state index in [4.69, 9.17) is 5.11 Å². The SMILES string of the molecule is O=C(O)c1cccc(O)c1Nc1cc[c]cc1. The van der Waals surface area contributed by atoms with Crippen LogP contribution in [0.3, 0.4) is 0 Å². The van der Waals surface area contributed by atoms with Crippen LogP contribution < -0.4 is 5.32 Å². The van der Waals surface area contributed by atoms with E-state index in [2.05, 4.69) is 11.4 Å². The van der Waals surface area contributed by atoms with E-state index in [-0.39, 0.29) is 17.0 Å². The summed E-state index contributed by atoms with van der Waals surface area (Å²) in [6.07, 6.45) is 0. The van der Waals surface area contributed by atoms with Crippen LogP contribution in [0.2, 0.25) is 0 Å². The summed E-state index contributed by atoms with van der Waals surface area (Å²) in [5, 5.41) is 21.6. The molecule has 0 aliphatic rings. The quantitative estimate of drug-likeness (QED) is 0.706. The van der Waals surface area contributed by atoms with Crippen molar-refractivity contribution in [3.8, 4) is 5.75 Å². The summed E-state index contributed by atoms with van der Waals surface area (Å²) in [6.45, 7) is 0. The number of phenolic OH excluding ortho intramolecular Hbond substituents is 1. The van der Waals surface area contributed by atoms with Crippen LogP contribution in [0, 0.1) is 6.07 Å². The minimum Gasteiger partial charge on any atom is -0.506 e. The van der Waals surface area contributed by atoms with Gasteiger partial charge in [-0.3, -0.25) is 0 Å². The Bertz CT molecular complexity index is 538. The molecule has 2 rings (SSSR count). The Morgan fingerprint density at radius 2 is 1.88 bits per heavy atom. The van der Waals surface area contributed by atoms with Gasteiger partial charge in [-0.1, -0.05) is 18.2 Å².